The average Bonchev–Trinajstić information content (AvgIpc) is 3.25. The van der Waals surface area contributed by atoms with E-state index in [1.807, 2.05) is 6.92 Å². The molecule has 9 nitrogen and oxygen atoms in total. The van der Waals surface area contributed by atoms with Crippen molar-refractivity contribution in [2.24, 2.45) is 17.3 Å². The Balaban J connectivity index is 1.78. The fourth-order valence-corrected chi connectivity index (χ4v) is 5.88. The van der Waals surface area contributed by atoms with Crippen molar-refractivity contribution in [3.8, 4) is 0 Å². The van der Waals surface area contributed by atoms with Gasteiger partial charge in [-0.15, -0.1) is 0 Å². The fourth-order valence-electron chi connectivity index (χ4n) is 5.88. The Hall–Kier alpha value is -2.23. The number of carbonyl (C=O) groups is 3. The summed E-state index contributed by atoms with van der Waals surface area (Å²) >= 11 is 0. The maximum Gasteiger partial charge on any atom is 0.336 e. The molecule has 0 amide bonds. The molecule has 2 saturated carbocycles. The lowest BCUT2D eigenvalue weighted by Crippen LogP contribution is -2.67. The van der Waals surface area contributed by atoms with Gasteiger partial charge in [0.25, 0.3) is 0 Å². The third-order valence-corrected chi connectivity index (χ3v) is 7.13. The standard InChI is InChI=1S/C21H26O9/c1-8(7-22)18(25)29-16-14(27-10(3)23)17-21(5,30-17)15-13-12(9(2)19(26)28-13)11(24)6-20(15,16)4/h11-17,22,24H,1-2,6-7H2,3-5H3/t11-,12+,13-,14-,15+,16-,17+,20+,21-/m0/s1. The zero-order valence-electron chi connectivity index (χ0n) is 17.1. The molecule has 4 rings (SSSR count). The minimum atomic E-state index is -1.01. The molecule has 0 aromatic heterocycles. The van der Waals surface area contributed by atoms with Crippen LogP contribution in [-0.4, -0.2) is 70.8 Å². The van der Waals surface area contributed by atoms with Gasteiger partial charge in [-0.1, -0.05) is 20.1 Å². The number of ether oxygens (including phenoxy) is 4. The van der Waals surface area contributed by atoms with E-state index in [9.17, 15) is 24.6 Å². The molecule has 0 bridgehead atoms. The maximum atomic E-state index is 12.5. The van der Waals surface area contributed by atoms with Crippen LogP contribution in [0, 0.1) is 17.3 Å². The predicted molar refractivity (Wildman–Crippen MR) is 99.7 cm³/mol. The van der Waals surface area contributed by atoms with E-state index in [2.05, 4.69) is 13.2 Å². The number of fused-ring (bicyclic) bond motifs is 5. The Morgan fingerprint density at radius 3 is 2.57 bits per heavy atom. The second-order valence-corrected chi connectivity index (χ2v) is 9.06. The minimum Gasteiger partial charge on any atom is -0.458 e. The lowest BCUT2D eigenvalue weighted by Gasteiger charge is -2.56. The lowest BCUT2D eigenvalue weighted by atomic mass is 9.51. The molecule has 2 heterocycles. The van der Waals surface area contributed by atoms with E-state index < -0.39 is 77.9 Å². The summed E-state index contributed by atoms with van der Waals surface area (Å²) in [5, 5.41) is 20.1. The van der Waals surface area contributed by atoms with Crippen LogP contribution in [0.1, 0.15) is 27.2 Å². The van der Waals surface area contributed by atoms with Crippen molar-refractivity contribution in [1.82, 2.24) is 0 Å². The Bertz CT molecular complexity index is 849. The van der Waals surface area contributed by atoms with Crippen LogP contribution in [0.2, 0.25) is 0 Å². The maximum absolute atomic E-state index is 12.5. The summed E-state index contributed by atoms with van der Waals surface area (Å²) in [6, 6.07) is 0. The second-order valence-electron chi connectivity index (χ2n) is 9.06. The van der Waals surface area contributed by atoms with Gasteiger partial charge in [0, 0.05) is 23.8 Å². The number of carbonyl (C=O) groups excluding carboxylic acids is 3. The SMILES string of the molecule is C=C(CO)C(=O)O[C@H]1[C@H](OC(C)=O)[C@H]2O[C@@]2(C)[C@@H]2[C@H]3OC(=O)C(=C)[C@@H]3[C@@H](O)C[C@]21C. The zero-order chi connectivity index (χ0) is 22.2. The summed E-state index contributed by atoms with van der Waals surface area (Å²) in [4.78, 5) is 36.5. The van der Waals surface area contributed by atoms with Gasteiger partial charge in [0.05, 0.1) is 24.2 Å². The van der Waals surface area contributed by atoms with Crippen molar-refractivity contribution < 1.29 is 43.5 Å². The van der Waals surface area contributed by atoms with Gasteiger partial charge in [-0.2, -0.15) is 0 Å². The highest BCUT2D eigenvalue weighted by atomic mass is 16.7. The number of rotatable bonds is 4. The van der Waals surface area contributed by atoms with E-state index in [1.54, 1.807) is 6.92 Å². The summed E-state index contributed by atoms with van der Waals surface area (Å²) < 4.78 is 22.8. The molecule has 30 heavy (non-hydrogen) atoms. The van der Waals surface area contributed by atoms with Crippen molar-refractivity contribution >= 4 is 17.9 Å². The fraction of sp³-hybridized carbons (Fsp3) is 0.667. The van der Waals surface area contributed by atoms with Crippen LogP contribution in [0.5, 0.6) is 0 Å². The normalized spacial score (nSPS) is 46.1. The first-order valence-electron chi connectivity index (χ1n) is 9.88. The first-order valence-corrected chi connectivity index (χ1v) is 9.88. The summed E-state index contributed by atoms with van der Waals surface area (Å²) in [6.07, 6.45) is -4.06. The highest BCUT2D eigenvalue weighted by Gasteiger charge is 2.79. The van der Waals surface area contributed by atoms with Crippen molar-refractivity contribution in [3.63, 3.8) is 0 Å². The summed E-state index contributed by atoms with van der Waals surface area (Å²) in [6.45, 7) is 11.6. The largest absolute Gasteiger partial charge is 0.458 e. The molecule has 9 heteroatoms. The van der Waals surface area contributed by atoms with Gasteiger partial charge in [0.2, 0.25) is 0 Å². The molecule has 2 aliphatic carbocycles. The molecule has 0 unspecified atom stereocenters. The molecule has 2 N–H and O–H groups in total. The first kappa shape index (κ1) is 21.0. The van der Waals surface area contributed by atoms with Crippen molar-refractivity contribution in [2.45, 2.75) is 63.3 Å². The predicted octanol–water partition coefficient (Wildman–Crippen LogP) is 0.0344. The molecular weight excluding hydrogens is 396 g/mol. The molecule has 164 valence electrons. The monoisotopic (exact) mass is 422 g/mol. The Morgan fingerprint density at radius 2 is 1.97 bits per heavy atom. The number of hydrogen-bond donors (Lipinski definition) is 2. The lowest BCUT2D eigenvalue weighted by molar-refractivity contribution is -0.216. The smallest absolute Gasteiger partial charge is 0.336 e. The molecule has 4 aliphatic rings. The highest BCUT2D eigenvalue weighted by molar-refractivity contribution is 5.91. The van der Waals surface area contributed by atoms with Gasteiger partial charge in [-0.05, 0) is 13.3 Å². The van der Waals surface area contributed by atoms with Gasteiger partial charge < -0.3 is 29.2 Å². The van der Waals surface area contributed by atoms with Crippen molar-refractivity contribution in [2.75, 3.05) is 6.61 Å². The molecule has 9 atom stereocenters. The molecule has 0 spiro atoms. The number of aliphatic hydroxyl groups is 2. The molecule has 0 aromatic rings. The summed E-state index contributed by atoms with van der Waals surface area (Å²) in [5.74, 6) is -3.02. The quantitative estimate of drug-likeness (QED) is 0.279. The third-order valence-electron chi connectivity index (χ3n) is 7.13. The molecule has 0 radical (unpaired) electrons. The third kappa shape index (κ3) is 2.75. The summed E-state index contributed by atoms with van der Waals surface area (Å²) in [5.41, 5.74) is -1.71. The van der Waals surface area contributed by atoms with Gasteiger partial charge in [-0.25, -0.2) is 9.59 Å². The topological polar surface area (TPSA) is 132 Å². The minimum absolute atomic E-state index is 0.140. The van der Waals surface area contributed by atoms with E-state index in [1.165, 1.54) is 6.92 Å². The Morgan fingerprint density at radius 1 is 1.30 bits per heavy atom. The van der Waals surface area contributed by atoms with Crippen molar-refractivity contribution in [1.29, 1.82) is 0 Å². The Labute approximate surface area is 173 Å². The van der Waals surface area contributed by atoms with E-state index in [-0.39, 0.29) is 17.6 Å². The highest BCUT2D eigenvalue weighted by Crippen LogP contribution is 2.66. The van der Waals surface area contributed by atoms with Crippen LogP contribution in [0.4, 0.5) is 0 Å². The second kappa shape index (κ2) is 6.63. The van der Waals surface area contributed by atoms with E-state index in [0.29, 0.717) is 0 Å². The van der Waals surface area contributed by atoms with Crippen molar-refractivity contribution in [3.05, 3.63) is 24.3 Å². The zero-order valence-corrected chi connectivity index (χ0v) is 17.1. The molecule has 2 saturated heterocycles. The van der Waals surface area contributed by atoms with E-state index in [0.717, 1.165) is 0 Å². The van der Waals surface area contributed by atoms with Crippen LogP contribution in [0.15, 0.2) is 24.3 Å². The molecule has 4 fully saturated rings. The van der Waals surface area contributed by atoms with Crippen LogP contribution < -0.4 is 0 Å². The Kier molecular flexibility index (Phi) is 4.65. The van der Waals surface area contributed by atoms with E-state index >= 15 is 0 Å². The van der Waals surface area contributed by atoms with Gasteiger partial charge in [-0.3, -0.25) is 4.79 Å². The first-order chi connectivity index (χ1) is 14.0. The molecule has 2 aliphatic heterocycles. The van der Waals surface area contributed by atoms with Gasteiger partial charge in [0.1, 0.15) is 23.9 Å². The number of hydrogen-bond acceptors (Lipinski definition) is 9. The molecule has 0 aromatic carbocycles. The van der Waals surface area contributed by atoms with E-state index in [4.69, 9.17) is 18.9 Å². The van der Waals surface area contributed by atoms with Crippen LogP contribution in [-0.2, 0) is 33.3 Å². The average molecular weight is 422 g/mol. The van der Waals surface area contributed by atoms with Gasteiger partial charge >= 0.3 is 17.9 Å². The number of aliphatic hydroxyl groups excluding tert-OH is 2. The number of epoxide rings is 1. The summed E-state index contributed by atoms with van der Waals surface area (Å²) in [7, 11) is 0. The van der Waals surface area contributed by atoms with Crippen LogP contribution in [0.3, 0.4) is 0 Å². The van der Waals surface area contributed by atoms with Gasteiger partial charge in [0.15, 0.2) is 6.10 Å². The van der Waals surface area contributed by atoms with Crippen LogP contribution >= 0.6 is 0 Å². The van der Waals surface area contributed by atoms with Crippen LogP contribution in [0.25, 0.3) is 0 Å². The number of esters is 3. The molecular formula is C21H26O9.